The van der Waals surface area contributed by atoms with Gasteiger partial charge in [-0.3, -0.25) is 0 Å². The SMILES string of the molecule is CCNc1cc(-c2ccc(F)c(F)c2)nc(C(C)C)n1. The van der Waals surface area contributed by atoms with Crippen LogP contribution in [-0.2, 0) is 0 Å². The van der Waals surface area contributed by atoms with E-state index in [-0.39, 0.29) is 5.92 Å². The molecule has 0 atom stereocenters. The van der Waals surface area contributed by atoms with Gasteiger partial charge >= 0.3 is 0 Å². The Morgan fingerprint density at radius 2 is 1.85 bits per heavy atom. The zero-order valence-electron chi connectivity index (χ0n) is 11.7. The summed E-state index contributed by atoms with van der Waals surface area (Å²) in [5.41, 5.74) is 1.12. The van der Waals surface area contributed by atoms with Gasteiger partial charge in [-0.2, -0.15) is 0 Å². The van der Waals surface area contributed by atoms with Crippen molar-refractivity contribution in [2.75, 3.05) is 11.9 Å². The first-order valence-corrected chi connectivity index (χ1v) is 6.59. The minimum atomic E-state index is -0.878. The number of rotatable bonds is 4. The first kappa shape index (κ1) is 14.4. The lowest BCUT2D eigenvalue weighted by molar-refractivity contribution is 0.509. The molecule has 0 spiro atoms. The summed E-state index contributed by atoms with van der Waals surface area (Å²) in [5.74, 6) is -0.234. The second-order valence-corrected chi connectivity index (χ2v) is 4.81. The monoisotopic (exact) mass is 277 g/mol. The van der Waals surface area contributed by atoms with E-state index in [9.17, 15) is 8.78 Å². The van der Waals surface area contributed by atoms with Gasteiger partial charge in [-0.25, -0.2) is 18.7 Å². The minimum Gasteiger partial charge on any atom is -0.370 e. The largest absolute Gasteiger partial charge is 0.370 e. The molecule has 106 valence electrons. The maximum atomic E-state index is 13.3. The van der Waals surface area contributed by atoms with Crippen LogP contribution in [0.1, 0.15) is 32.5 Å². The minimum absolute atomic E-state index is 0.151. The number of benzene rings is 1. The first-order valence-electron chi connectivity index (χ1n) is 6.59. The quantitative estimate of drug-likeness (QED) is 0.918. The number of nitrogens with zero attached hydrogens (tertiary/aromatic N) is 2. The highest BCUT2D eigenvalue weighted by Gasteiger charge is 2.11. The van der Waals surface area contributed by atoms with Crippen LogP contribution in [0.2, 0.25) is 0 Å². The van der Waals surface area contributed by atoms with Gasteiger partial charge < -0.3 is 5.32 Å². The summed E-state index contributed by atoms with van der Waals surface area (Å²) >= 11 is 0. The van der Waals surface area contributed by atoms with Crippen LogP contribution < -0.4 is 5.32 Å². The molecule has 0 aliphatic heterocycles. The average molecular weight is 277 g/mol. The van der Waals surface area contributed by atoms with Crippen molar-refractivity contribution in [3.05, 3.63) is 41.7 Å². The molecule has 5 heteroatoms. The van der Waals surface area contributed by atoms with Gasteiger partial charge in [-0.05, 0) is 25.1 Å². The van der Waals surface area contributed by atoms with E-state index in [0.717, 1.165) is 18.7 Å². The highest BCUT2D eigenvalue weighted by Crippen LogP contribution is 2.24. The van der Waals surface area contributed by atoms with Crippen molar-refractivity contribution in [3.63, 3.8) is 0 Å². The maximum Gasteiger partial charge on any atom is 0.159 e. The Kier molecular flexibility index (Phi) is 4.27. The van der Waals surface area contributed by atoms with E-state index in [1.807, 2.05) is 20.8 Å². The van der Waals surface area contributed by atoms with Gasteiger partial charge in [0.2, 0.25) is 0 Å². The summed E-state index contributed by atoms with van der Waals surface area (Å²) in [7, 11) is 0. The molecule has 1 aromatic carbocycles. The number of nitrogens with one attached hydrogen (secondary N) is 1. The second-order valence-electron chi connectivity index (χ2n) is 4.81. The second kappa shape index (κ2) is 5.94. The van der Waals surface area contributed by atoms with E-state index in [2.05, 4.69) is 15.3 Å². The summed E-state index contributed by atoms with van der Waals surface area (Å²) in [6.07, 6.45) is 0. The topological polar surface area (TPSA) is 37.8 Å². The molecule has 3 nitrogen and oxygen atoms in total. The van der Waals surface area contributed by atoms with Crippen LogP contribution in [0.5, 0.6) is 0 Å². The Morgan fingerprint density at radius 3 is 2.45 bits per heavy atom. The predicted octanol–water partition coefficient (Wildman–Crippen LogP) is 3.98. The van der Waals surface area contributed by atoms with Crippen molar-refractivity contribution in [2.24, 2.45) is 0 Å². The van der Waals surface area contributed by atoms with E-state index in [1.54, 1.807) is 6.07 Å². The number of aromatic nitrogens is 2. The van der Waals surface area contributed by atoms with Gasteiger partial charge in [0, 0.05) is 24.1 Å². The lowest BCUT2D eigenvalue weighted by atomic mass is 10.1. The van der Waals surface area contributed by atoms with Crippen LogP contribution in [0.15, 0.2) is 24.3 Å². The molecule has 2 rings (SSSR count). The molecule has 0 aliphatic carbocycles. The summed E-state index contributed by atoms with van der Waals surface area (Å²) < 4.78 is 26.3. The molecule has 1 aromatic heterocycles. The van der Waals surface area contributed by atoms with E-state index in [4.69, 9.17) is 0 Å². The van der Waals surface area contributed by atoms with E-state index in [1.165, 1.54) is 6.07 Å². The van der Waals surface area contributed by atoms with Crippen molar-refractivity contribution in [1.82, 2.24) is 9.97 Å². The highest BCUT2D eigenvalue weighted by molar-refractivity contribution is 5.62. The van der Waals surface area contributed by atoms with Gasteiger partial charge in [0.1, 0.15) is 11.6 Å². The molecule has 0 unspecified atom stereocenters. The van der Waals surface area contributed by atoms with Gasteiger partial charge in [0.05, 0.1) is 5.69 Å². The van der Waals surface area contributed by atoms with Crippen molar-refractivity contribution in [2.45, 2.75) is 26.7 Å². The molecule has 0 amide bonds. The molecule has 1 heterocycles. The van der Waals surface area contributed by atoms with Gasteiger partial charge in [-0.15, -0.1) is 0 Å². The molecular formula is C15H17F2N3. The molecule has 1 N–H and O–H groups in total. The highest BCUT2D eigenvalue weighted by atomic mass is 19.2. The molecular weight excluding hydrogens is 260 g/mol. The molecule has 0 saturated heterocycles. The number of anilines is 1. The van der Waals surface area contributed by atoms with Crippen LogP contribution in [0.3, 0.4) is 0 Å². The van der Waals surface area contributed by atoms with Crippen molar-refractivity contribution in [1.29, 1.82) is 0 Å². The summed E-state index contributed by atoms with van der Waals surface area (Å²) in [4.78, 5) is 8.81. The molecule has 2 aromatic rings. The zero-order valence-corrected chi connectivity index (χ0v) is 11.7. The average Bonchev–Trinajstić information content (AvgIpc) is 2.42. The van der Waals surface area contributed by atoms with E-state index >= 15 is 0 Å². The molecule has 0 fully saturated rings. The van der Waals surface area contributed by atoms with Crippen molar-refractivity contribution in [3.8, 4) is 11.3 Å². The van der Waals surface area contributed by atoms with Gasteiger partial charge in [-0.1, -0.05) is 13.8 Å². The summed E-state index contributed by atoms with van der Waals surface area (Å²) in [6.45, 7) is 6.67. The van der Waals surface area contributed by atoms with Crippen molar-refractivity contribution < 1.29 is 8.78 Å². The zero-order chi connectivity index (χ0) is 14.7. The Labute approximate surface area is 117 Å². The Hall–Kier alpha value is -2.04. The third kappa shape index (κ3) is 3.10. The Bertz CT molecular complexity index is 612. The smallest absolute Gasteiger partial charge is 0.159 e. The molecule has 0 aliphatic rings. The van der Waals surface area contributed by atoms with Crippen LogP contribution in [0.4, 0.5) is 14.6 Å². The summed E-state index contributed by atoms with van der Waals surface area (Å²) in [5, 5.41) is 3.12. The fraction of sp³-hybridized carbons (Fsp3) is 0.333. The van der Waals surface area contributed by atoms with Crippen LogP contribution in [-0.4, -0.2) is 16.5 Å². The van der Waals surface area contributed by atoms with Crippen molar-refractivity contribution >= 4 is 5.82 Å². The van der Waals surface area contributed by atoms with Gasteiger partial charge in [0.15, 0.2) is 11.6 Å². The summed E-state index contributed by atoms with van der Waals surface area (Å²) in [6, 6.07) is 5.51. The third-order valence-electron chi connectivity index (χ3n) is 2.83. The van der Waals surface area contributed by atoms with Crippen LogP contribution in [0, 0.1) is 11.6 Å². The number of hydrogen-bond donors (Lipinski definition) is 1. The molecule has 20 heavy (non-hydrogen) atoms. The van der Waals surface area contributed by atoms with Gasteiger partial charge in [0.25, 0.3) is 0 Å². The fourth-order valence-corrected chi connectivity index (χ4v) is 1.80. The number of hydrogen-bond acceptors (Lipinski definition) is 3. The Balaban J connectivity index is 2.51. The lowest BCUT2D eigenvalue weighted by Gasteiger charge is -2.11. The normalized spacial score (nSPS) is 10.9. The first-order chi connectivity index (χ1) is 9.51. The van der Waals surface area contributed by atoms with Crippen LogP contribution >= 0.6 is 0 Å². The standard InChI is InChI=1S/C15H17F2N3/c1-4-18-14-8-13(19-15(20-14)9(2)3)10-5-6-11(16)12(17)7-10/h5-9H,4H2,1-3H3,(H,18,19,20). The number of halogens is 2. The maximum absolute atomic E-state index is 13.3. The third-order valence-corrected chi connectivity index (χ3v) is 2.83. The fourth-order valence-electron chi connectivity index (χ4n) is 1.80. The molecule has 0 saturated carbocycles. The van der Waals surface area contributed by atoms with E-state index < -0.39 is 11.6 Å². The predicted molar refractivity (Wildman–Crippen MR) is 75.6 cm³/mol. The molecule has 0 radical (unpaired) electrons. The van der Waals surface area contributed by atoms with Crippen LogP contribution in [0.25, 0.3) is 11.3 Å². The lowest BCUT2D eigenvalue weighted by Crippen LogP contribution is -2.06. The molecule has 0 bridgehead atoms. The van der Waals surface area contributed by atoms with E-state index in [0.29, 0.717) is 22.9 Å². The Morgan fingerprint density at radius 1 is 1.10 bits per heavy atom.